The Kier molecular flexibility index (Phi) is 3.89. The van der Waals surface area contributed by atoms with E-state index in [2.05, 4.69) is 24.4 Å². The van der Waals surface area contributed by atoms with Gasteiger partial charge in [-0.2, -0.15) is 0 Å². The maximum atomic E-state index is 12.9. The molecule has 0 unspecified atom stereocenters. The fourth-order valence-electron chi connectivity index (χ4n) is 1.85. The van der Waals surface area contributed by atoms with Crippen LogP contribution in [0, 0.1) is 5.82 Å². The van der Waals surface area contributed by atoms with Crippen molar-refractivity contribution in [2.45, 2.75) is 13.5 Å². The molecule has 0 saturated heterocycles. The van der Waals surface area contributed by atoms with Gasteiger partial charge in [-0.15, -0.1) is 0 Å². The molecule has 2 heteroatoms. The normalized spacial score (nSPS) is 10.5. The topological polar surface area (TPSA) is 12.0 Å². The third kappa shape index (κ3) is 2.92. The first-order chi connectivity index (χ1) is 8.31. The molecule has 0 amide bonds. The summed E-state index contributed by atoms with van der Waals surface area (Å²) in [6.45, 7) is 3.86. The maximum absolute atomic E-state index is 12.9. The first-order valence-corrected chi connectivity index (χ1v) is 5.86. The number of nitrogens with one attached hydrogen (secondary N) is 1. The quantitative estimate of drug-likeness (QED) is 0.844. The van der Waals surface area contributed by atoms with Crippen molar-refractivity contribution in [1.82, 2.24) is 5.32 Å². The number of hydrogen-bond acceptors (Lipinski definition) is 1. The monoisotopic (exact) mass is 229 g/mol. The highest BCUT2D eigenvalue weighted by atomic mass is 19.1. The molecule has 1 N–H and O–H groups in total. The minimum Gasteiger partial charge on any atom is -0.313 e. The first kappa shape index (κ1) is 11.8. The molecule has 0 aliphatic rings. The molecule has 17 heavy (non-hydrogen) atoms. The van der Waals surface area contributed by atoms with Crippen LogP contribution in [0.2, 0.25) is 0 Å². The van der Waals surface area contributed by atoms with Crippen molar-refractivity contribution in [2.75, 3.05) is 6.54 Å². The van der Waals surface area contributed by atoms with Crippen LogP contribution >= 0.6 is 0 Å². The minimum atomic E-state index is -0.196. The fourth-order valence-corrected chi connectivity index (χ4v) is 1.85. The van der Waals surface area contributed by atoms with Crippen LogP contribution < -0.4 is 5.32 Å². The predicted molar refractivity (Wildman–Crippen MR) is 69.2 cm³/mol. The summed E-state index contributed by atoms with van der Waals surface area (Å²) in [6.07, 6.45) is 0. The summed E-state index contributed by atoms with van der Waals surface area (Å²) in [6, 6.07) is 14.8. The van der Waals surface area contributed by atoms with Gasteiger partial charge in [-0.3, -0.25) is 0 Å². The van der Waals surface area contributed by atoms with Gasteiger partial charge < -0.3 is 5.32 Å². The summed E-state index contributed by atoms with van der Waals surface area (Å²) in [5, 5.41) is 3.31. The molecule has 0 aliphatic heterocycles. The Morgan fingerprint density at radius 2 is 1.71 bits per heavy atom. The second-order valence-electron chi connectivity index (χ2n) is 3.94. The Bertz CT molecular complexity index is 477. The van der Waals surface area contributed by atoms with E-state index in [0.29, 0.717) is 0 Å². The van der Waals surface area contributed by atoms with Gasteiger partial charge in [0.05, 0.1) is 0 Å². The second kappa shape index (κ2) is 5.60. The summed E-state index contributed by atoms with van der Waals surface area (Å²) in [7, 11) is 0. The van der Waals surface area contributed by atoms with E-state index in [4.69, 9.17) is 0 Å². The smallest absolute Gasteiger partial charge is 0.123 e. The standard InChI is InChI=1S/C15H16FN/c1-2-17-11-13-5-3-4-6-15(13)12-7-9-14(16)10-8-12/h3-10,17H,2,11H2,1H3. The molecule has 0 spiro atoms. The molecule has 0 atom stereocenters. The zero-order valence-corrected chi connectivity index (χ0v) is 9.91. The SMILES string of the molecule is CCNCc1ccccc1-c1ccc(F)cc1. The van der Waals surface area contributed by atoms with E-state index in [1.807, 2.05) is 24.3 Å². The van der Waals surface area contributed by atoms with Crippen LogP contribution in [0.4, 0.5) is 4.39 Å². The Morgan fingerprint density at radius 1 is 1.00 bits per heavy atom. The van der Waals surface area contributed by atoms with Crippen LogP contribution in [0.5, 0.6) is 0 Å². The Labute approximate surface area is 101 Å². The molecular formula is C15H16FN. The molecule has 2 aromatic carbocycles. The zero-order valence-electron chi connectivity index (χ0n) is 9.91. The molecule has 0 aromatic heterocycles. The van der Waals surface area contributed by atoms with Gasteiger partial charge in [-0.1, -0.05) is 43.3 Å². The molecule has 0 heterocycles. The number of rotatable bonds is 4. The highest BCUT2D eigenvalue weighted by molar-refractivity contribution is 5.67. The molecule has 2 rings (SSSR count). The predicted octanol–water partition coefficient (Wildman–Crippen LogP) is 3.60. The van der Waals surface area contributed by atoms with Gasteiger partial charge in [0.2, 0.25) is 0 Å². The van der Waals surface area contributed by atoms with E-state index in [1.165, 1.54) is 17.7 Å². The minimum absolute atomic E-state index is 0.196. The van der Waals surface area contributed by atoms with E-state index in [1.54, 1.807) is 0 Å². The molecule has 0 bridgehead atoms. The van der Waals surface area contributed by atoms with Gasteiger partial charge >= 0.3 is 0 Å². The van der Waals surface area contributed by atoms with Crippen molar-refractivity contribution in [1.29, 1.82) is 0 Å². The van der Waals surface area contributed by atoms with E-state index in [-0.39, 0.29) is 5.82 Å². The molecule has 88 valence electrons. The molecule has 0 fully saturated rings. The van der Waals surface area contributed by atoms with Crippen molar-refractivity contribution in [2.24, 2.45) is 0 Å². The lowest BCUT2D eigenvalue weighted by molar-refractivity contribution is 0.628. The van der Waals surface area contributed by atoms with Gasteiger partial charge in [0.15, 0.2) is 0 Å². The molecule has 0 radical (unpaired) electrons. The van der Waals surface area contributed by atoms with Crippen LogP contribution in [-0.4, -0.2) is 6.54 Å². The Morgan fingerprint density at radius 3 is 2.41 bits per heavy atom. The van der Waals surface area contributed by atoms with Gasteiger partial charge in [-0.25, -0.2) is 4.39 Å². The van der Waals surface area contributed by atoms with Gasteiger partial charge in [0, 0.05) is 6.54 Å². The largest absolute Gasteiger partial charge is 0.313 e. The third-order valence-electron chi connectivity index (χ3n) is 2.74. The van der Waals surface area contributed by atoms with E-state index in [0.717, 1.165) is 24.2 Å². The van der Waals surface area contributed by atoms with Crippen LogP contribution in [0.1, 0.15) is 12.5 Å². The summed E-state index contributed by atoms with van der Waals surface area (Å²) in [4.78, 5) is 0. The van der Waals surface area contributed by atoms with Crippen molar-refractivity contribution >= 4 is 0 Å². The van der Waals surface area contributed by atoms with Crippen molar-refractivity contribution < 1.29 is 4.39 Å². The first-order valence-electron chi connectivity index (χ1n) is 5.86. The molecule has 2 aromatic rings. The second-order valence-corrected chi connectivity index (χ2v) is 3.94. The number of benzene rings is 2. The lowest BCUT2D eigenvalue weighted by Gasteiger charge is -2.10. The summed E-state index contributed by atoms with van der Waals surface area (Å²) < 4.78 is 12.9. The van der Waals surface area contributed by atoms with Crippen molar-refractivity contribution in [3.05, 3.63) is 59.9 Å². The van der Waals surface area contributed by atoms with Crippen LogP contribution in [0.3, 0.4) is 0 Å². The number of hydrogen-bond donors (Lipinski definition) is 1. The molecule has 0 aliphatic carbocycles. The van der Waals surface area contributed by atoms with E-state index in [9.17, 15) is 4.39 Å². The Balaban J connectivity index is 2.33. The molecule has 1 nitrogen and oxygen atoms in total. The lowest BCUT2D eigenvalue weighted by Crippen LogP contribution is -2.12. The maximum Gasteiger partial charge on any atom is 0.123 e. The van der Waals surface area contributed by atoms with Crippen molar-refractivity contribution in [3.8, 4) is 11.1 Å². The van der Waals surface area contributed by atoms with Crippen molar-refractivity contribution in [3.63, 3.8) is 0 Å². The van der Waals surface area contributed by atoms with Crippen LogP contribution in [0.15, 0.2) is 48.5 Å². The van der Waals surface area contributed by atoms with Gasteiger partial charge in [-0.05, 0) is 35.4 Å². The highest BCUT2D eigenvalue weighted by Crippen LogP contribution is 2.23. The van der Waals surface area contributed by atoms with Gasteiger partial charge in [0.25, 0.3) is 0 Å². The number of halogens is 1. The van der Waals surface area contributed by atoms with E-state index >= 15 is 0 Å². The fraction of sp³-hybridized carbons (Fsp3) is 0.200. The summed E-state index contributed by atoms with van der Waals surface area (Å²) in [5.41, 5.74) is 3.45. The van der Waals surface area contributed by atoms with Crippen LogP contribution in [0.25, 0.3) is 11.1 Å². The highest BCUT2D eigenvalue weighted by Gasteiger charge is 2.03. The third-order valence-corrected chi connectivity index (χ3v) is 2.74. The average molecular weight is 229 g/mol. The summed E-state index contributed by atoms with van der Waals surface area (Å²) in [5.74, 6) is -0.196. The zero-order chi connectivity index (χ0) is 12.1. The van der Waals surface area contributed by atoms with Gasteiger partial charge in [0.1, 0.15) is 5.82 Å². The molecule has 0 saturated carbocycles. The Hall–Kier alpha value is -1.67. The lowest BCUT2D eigenvalue weighted by atomic mass is 10.00. The van der Waals surface area contributed by atoms with Crippen LogP contribution in [-0.2, 0) is 6.54 Å². The summed E-state index contributed by atoms with van der Waals surface area (Å²) >= 11 is 0. The molecular weight excluding hydrogens is 213 g/mol. The van der Waals surface area contributed by atoms with E-state index < -0.39 is 0 Å². The average Bonchev–Trinajstić information content (AvgIpc) is 2.38.